The van der Waals surface area contributed by atoms with Gasteiger partial charge in [-0.15, -0.1) is 0 Å². The summed E-state index contributed by atoms with van der Waals surface area (Å²) in [6, 6.07) is 2.14. The zero-order valence-electron chi connectivity index (χ0n) is 14.0. The fraction of sp³-hybridized carbons (Fsp3) is 0.438. The number of carbonyl (C=O) groups is 1. The van der Waals surface area contributed by atoms with Gasteiger partial charge < -0.3 is 14.5 Å². The number of fused-ring (bicyclic) bond motifs is 1. The molecule has 1 N–H and O–H groups in total. The lowest BCUT2D eigenvalue weighted by atomic mass is 10.1. The number of alkyl halides is 3. The average Bonchev–Trinajstić information content (AvgIpc) is 2.43. The summed E-state index contributed by atoms with van der Waals surface area (Å²) in [6.45, 7) is 6.38. The number of carbonyl (C=O) groups excluding carboxylic acids is 1. The Morgan fingerprint density at radius 2 is 1.92 bits per heavy atom. The Morgan fingerprint density at radius 3 is 2.48 bits per heavy atom. The number of amides is 1. The SMILES string of the molecule is CC(NC(=O)OC(C)(C)C)c1nc(=O)c2cccc(C(F)(F)F)c2o1. The van der Waals surface area contributed by atoms with Crippen molar-refractivity contribution < 1.29 is 27.1 Å². The van der Waals surface area contributed by atoms with Gasteiger partial charge in [0.05, 0.1) is 10.9 Å². The van der Waals surface area contributed by atoms with E-state index in [1.165, 1.54) is 13.0 Å². The summed E-state index contributed by atoms with van der Waals surface area (Å²) in [4.78, 5) is 27.4. The maximum Gasteiger partial charge on any atom is 0.420 e. The van der Waals surface area contributed by atoms with Crippen LogP contribution in [0.1, 0.15) is 45.2 Å². The van der Waals surface area contributed by atoms with Crippen molar-refractivity contribution in [3.05, 3.63) is 40.0 Å². The molecule has 1 atom stereocenters. The second-order valence-corrected chi connectivity index (χ2v) is 6.41. The third-order valence-electron chi connectivity index (χ3n) is 3.07. The molecule has 0 bridgehead atoms. The fourth-order valence-corrected chi connectivity index (χ4v) is 2.06. The molecule has 1 heterocycles. The van der Waals surface area contributed by atoms with Crippen LogP contribution >= 0.6 is 0 Å². The summed E-state index contributed by atoms with van der Waals surface area (Å²) in [5, 5.41) is 2.08. The lowest BCUT2D eigenvalue weighted by Crippen LogP contribution is -2.34. The summed E-state index contributed by atoms with van der Waals surface area (Å²) in [7, 11) is 0. The minimum Gasteiger partial charge on any atom is -0.444 e. The molecule has 2 rings (SSSR count). The highest BCUT2D eigenvalue weighted by Gasteiger charge is 2.34. The molecule has 136 valence electrons. The maximum atomic E-state index is 13.1. The van der Waals surface area contributed by atoms with Gasteiger partial charge in [-0.1, -0.05) is 6.07 Å². The van der Waals surface area contributed by atoms with Gasteiger partial charge in [-0.05, 0) is 39.8 Å². The number of nitrogens with zero attached hydrogens (tertiary/aromatic N) is 1. The minimum absolute atomic E-state index is 0.289. The zero-order valence-corrected chi connectivity index (χ0v) is 14.0. The summed E-state index contributed by atoms with van der Waals surface area (Å²) < 4.78 is 49.6. The van der Waals surface area contributed by atoms with Crippen molar-refractivity contribution in [1.82, 2.24) is 10.3 Å². The monoisotopic (exact) mass is 358 g/mol. The second-order valence-electron chi connectivity index (χ2n) is 6.41. The first kappa shape index (κ1) is 18.8. The highest BCUT2D eigenvalue weighted by Crippen LogP contribution is 2.34. The molecule has 0 aliphatic carbocycles. The van der Waals surface area contributed by atoms with Crippen molar-refractivity contribution in [2.75, 3.05) is 0 Å². The standard InChI is InChI=1S/C16H17F3N2O4/c1-8(20-14(23)25-15(2,3)4)13-21-12(22)9-6-5-7-10(11(9)24-13)16(17,18)19/h5-8H,1-4H3,(H,20,23). The molecule has 1 aromatic carbocycles. The predicted molar refractivity (Wildman–Crippen MR) is 83.1 cm³/mol. The van der Waals surface area contributed by atoms with Crippen molar-refractivity contribution >= 4 is 17.1 Å². The zero-order chi connectivity index (χ0) is 19.0. The van der Waals surface area contributed by atoms with E-state index in [4.69, 9.17) is 9.15 Å². The number of nitrogens with one attached hydrogen (secondary N) is 1. The third kappa shape index (κ3) is 4.49. The van der Waals surface area contributed by atoms with E-state index in [0.717, 1.165) is 12.1 Å². The van der Waals surface area contributed by atoms with Gasteiger partial charge in [0.25, 0.3) is 5.56 Å². The average molecular weight is 358 g/mol. The number of halogens is 3. The Bertz CT molecular complexity index is 853. The first-order valence-electron chi connectivity index (χ1n) is 7.39. The van der Waals surface area contributed by atoms with Gasteiger partial charge in [-0.25, -0.2) is 4.79 Å². The number of benzene rings is 1. The van der Waals surface area contributed by atoms with E-state index in [-0.39, 0.29) is 11.3 Å². The van der Waals surface area contributed by atoms with Gasteiger partial charge >= 0.3 is 12.3 Å². The summed E-state index contributed by atoms with van der Waals surface area (Å²) in [5.41, 5.74) is -3.34. The Morgan fingerprint density at radius 1 is 1.28 bits per heavy atom. The predicted octanol–water partition coefficient (Wildman–Crippen LogP) is 3.79. The number of ether oxygens (including phenoxy) is 1. The quantitative estimate of drug-likeness (QED) is 0.883. The van der Waals surface area contributed by atoms with Crippen LogP contribution in [-0.2, 0) is 10.9 Å². The molecule has 0 spiro atoms. The van der Waals surface area contributed by atoms with Crippen LogP contribution in [-0.4, -0.2) is 16.7 Å². The van der Waals surface area contributed by atoms with Gasteiger partial charge in [-0.2, -0.15) is 18.2 Å². The first-order chi connectivity index (χ1) is 11.4. The summed E-state index contributed by atoms with van der Waals surface area (Å²) >= 11 is 0. The fourth-order valence-electron chi connectivity index (χ4n) is 2.06. The number of hydrogen-bond donors (Lipinski definition) is 1. The number of alkyl carbamates (subject to hydrolysis) is 1. The van der Waals surface area contributed by atoms with E-state index in [0.29, 0.717) is 0 Å². The Balaban J connectivity index is 2.43. The normalized spacial score (nSPS) is 13.6. The van der Waals surface area contributed by atoms with E-state index in [1.54, 1.807) is 20.8 Å². The van der Waals surface area contributed by atoms with E-state index in [1.807, 2.05) is 0 Å². The molecule has 9 heteroatoms. The lowest BCUT2D eigenvalue weighted by Gasteiger charge is -2.21. The Labute approximate surface area is 141 Å². The highest BCUT2D eigenvalue weighted by atomic mass is 19.4. The van der Waals surface area contributed by atoms with Crippen molar-refractivity contribution in [3.63, 3.8) is 0 Å². The number of hydrogen-bond acceptors (Lipinski definition) is 5. The van der Waals surface area contributed by atoms with Crippen LogP contribution in [0, 0.1) is 0 Å². The second kappa shape index (κ2) is 6.38. The van der Waals surface area contributed by atoms with Gasteiger partial charge in [0.15, 0.2) is 5.58 Å². The molecule has 0 radical (unpaired) electrons. The van der Waals surface area contributed by atoms with Crippen LogP contribution in [0.15, 0.2) is 27.4 Å². The Hall–Kier alpha value is -2.58. The molecular formula is C16H17F3N2O4. The molecule has 0 saturated heterocycles. The summed E-state index contributed by atoms with van der Waals surface area (Å²) in [6.07, 6.45) is -5.51. The Kier molecular flexibility index (Phi) is 4.79. The van der Waals surface area contributed by atoms with Crippen LogP contribution in [0.5, 0.6) is 0 Å². The largest absolute Gasteiger partial charge is 0.444 e. The molecule has 2 aromatic rings. The van der Waals surface area contributed by atoms with Gasteiger partial charge in [-0.3, -0.25) is 4.79 Å². The molecule has 1 unspecified atom stereocenters. The van der Waals surface area contributed by atoms with Crippen molar-refractivity contribution in [3.8, 4) is 0 Å². The molecule has 0 saturated carbocycles. The van der Waals surface area contributed by atoms with Crippen molar-refractivity contribution in [2.24, 2.45) is 0 Å². The summed E-state index contributed by atoms with van der Waals surface area (Å²) in [5.74, 6) is -0.347. The molecule has 25 heavy (non-hydrogen) atoms. The van der Waals surface area contributed by atoms with Crippen LogP contribution in [0.3, 0.4) is 0 Å². The molecule has 1 amide bonds. The van der Waals surface area contributed by atoms with Crippen molar-refractivity contribution in [1.29, 1.82) is 0 Å². The maximum absolute atomic E-state index is 13.1. The molecule has 6 nitrogen and oxygen atoms in total. The minimum atomic E-state index is -4.70. The third-order valence-corrected chi connectivity index (χ3v) is 3.07. The topological polar surface area (TPSA) is 81.4 Å². The molecule has 0 aliphatic heterocycles. The highest BCUT2D eigenvalue weighted by molar-refractivity contribution is 5.79. The van der Waals surface area contributed by atoms with Gasteiger partial charge in [0.2, 0.25) is 5.89 Å². The van der Waals surface area contributed by atoms with Crippen LogP contribution in [0.4, 0.5) is 18.0 Å². The van der Waals surface area contributed by atoms with Crippen LogP contribution in [0.2, 0.25) is 0 Å². The van der Waals surface area contributed by atoms with E-state index in [2.05, 4.69) is 10.3 Å². The number of para-hydroxylation sites is 1. The lowest BCUT2D eigenvalue weighted by molar-refractivity contribution is -0.136. The van der Waals surface area contributed by atoms with E-state index >= 15 is 0 Å². The van der Waals surface area contributed by atoms with E-state index in [9.17, 15) is 22.8 Å². The molecular weight excluding hydrogens is 341 g/mol. The van der Waals surface area contributed by atoms with Crippen molar-refractivity contribution in [2.45, 2.75) is 45.5 Å². The van der Waals surface area contributed by atoms with E-state index < -0.39 is 40.6 Å². The number of rotatable bonds is 2. The van der Waals surface area contributed by atoms with Gasteiger partial charge in [0, 0.05) is 0 Å². The van der Waals surface area contributed by atoms with Gasteiger partial charge in [0.1, 0.15) is 11.6 Å². The first-order valence-corrected chi connectivity index (χ1v) is 7.39. The molecule has 1 aromatic heterocycles. The van der Waals surface area contributed by atoms with Crippen LogP contribution < -0.4 is 10.9 Å². The van der Waals surface area contributed by atoms with Crippen LogP contribution in [0.25, 0.3) is 11.0 Å². The molecule has 0 aliphatic rings. The smallest absolute Gasteiger partial charge is 0.420 e. The molecule has 0 fully saturated rings. The number of aromatic nitrogens is 1.